The molecule has 7 heteroatoms. The molecule has 1 aliphatic heterocycles. The first-order valence-electron chi connectivity index (χ1n) is 7.78. The molecular weight excluding hydrogens is 280 g/mol. The van der Waals surface area contributed by atoms with Crippen molar-refractivity contribution < 1.29 is 4.79 Å². The SMILES string of the molecule is CC(C)C(=O)N1CC[C@@H](c2nn(CCN)c3nccnc23)C1. The summed E-state index contributed by atoms with van der Waals surface area (Å²) in [4.78, 5) is 22.9. The summed E-state index contributed by atoms with van der Waals surface area (Å²) in [5, 5.41) is 4.67. The Balaban J connectivity index is 1.90. The van der Waals surface area contributed by atoms with Crippen LogP contribution in [-0.2, 0) is 11.3 Å². The lowest BCUT2D eigenvalue weighted by Gasteiger charge is -2.18. The second kappa shape index (κ2) is 6.00. The molecule has 2 N–H and O–H groups in total. The highest BCUT2D eigenvalue weighted by atomic mass is 16.2. The van der Waals surface area contributed by atoms with Gasteiger partial charge in [-0.05, 0) is 6.42 Å². The zero-order chi connectivity index (χ0) is 15.7. The quantitative estimate of drug-likeness (QED) is 0.900. The van der Waals surface area contributed by atoms with Crippen molar-refractivity contribution >= 4 is 17.1 Å². The number of nitrogens with two attached hydrogens (primary N) is 1. The minimum Gasteiger partial charge on any atom is -0.342 e. The molecule has 3 heterocycles. The third-order valence-electron chi connectivity index (χ3n) is 4.12. The fraction of sp³-hybridized carbons (Fsp3) is 0.600. The largest absolute Gasteiger partial charge is 0.342 e. The van der Waals surface area contributed by atoms with Gasteiger partial charge in [-0.1, -0.05) is 13.8 Å². The molecule has 1 atom stereocenters. The Labute approximate surface area is 129 Å². The molecule has 0 saturated carbocycles. The Hall–Kier alpha value is -2.02. The molecule has 0 spiro atoms. The molecule has 118 valence electrons. The number of hydrogen-bond acceptors (Lipinski definition) is 5. The lowest BCUT2D eigenvalue weighted by Crippen LogP contribution is -2.32. The van der Waals surface area contributed by atoms with E-state index in [1.54, 1.807) is 12.4 Å². The summed E-state index contributed by atoms with van der Waals surface area (Å²) in [6.45, 7) is 6.50. The van der Waals surface area contributed by atoms with E-state index in [4.69, 9.17) is 5.73 Å². The molecule has 3 rings (SSSR count). The molecule has 0 radical (unpaired) electrons. The Morgan fingerprint density at radius 2 is 2.18 bits per heavy atom. The fourth-order valence-corrected chi connectivity index (χ4v) is 3.03. The third-order valence-corrected chi connectivity index (χ3v) is 4.12. The molecule has 2 aromatic heterocycles. The zero-order valence-electron chi connectivity index (χ0n) is 13.1. The molecule has 1 fully saturated rings. The maximum atomic E-state index is 12.1. The Bertz CT molecular complexity index is 680. The number of hydrogen-bond donors (Lipinski definition) is 1. The number of fused-ring (bicyclic) bond motifs is 1. The lowest BCUT2D eigenvalue weighted by molar-refractivity contribution is -0.133. The van der Waals surface area contributed by atoms with Gasteiger partial charge >= 0.3 is 0 Å². The van der Waals surface area contributed by atoms with Crippen molar-refractivity contribution in [3.63, 3.8) is 0 Å². The van der Waals surface area contributed by atoms with E-state index in [1.807, 2.05) is 23.4 Å². The molecule has 1 saturated heterocycles. The first-order valence-corrected chi connectivity index (χ1v) is 7.78. The van der Waals surface area contributed by atoms with Crippen LogP contribution in [0.1, 0.15) is 31.9 Å². The lowest BCUT2D eigenvalue weighted by atomic mass is 10.0. The summed E-state index contributed by atoms with van der Waals surface area (Å²) in [6.07, 6.45) is 4.28. The van der Waals surface area contributed by atoms with Crippen LogP contribution in [0.25, 0.3) is 11.2 Å². The zero-order valence-corrected chi connectivity index (χ0v) is 13.1. The van der Waals surface area contributed by atoms with Crippen molar-refractivity contribution in [3.8, 4) is 0 Å². The fourth-order valence-electron chi connectivity index (χ4n) is 3.03. The number of carbonyl (C=O) groups excluding carboxylic acids is 1. The molecule has 0 bridgehead atoms. The van der Waals surface area contributed by atoms with Gasteiger partial charge in [-0.2, -0.15) is 5.10 Å². The molecule has 2 aromatic rings. The number of aromatic nitrogens is 4. The number of likely N-dealkylation sites (tertiary alicyclic amines) is 1. The van der Waals surface area contributed by atoms with Crippen LogP contribution in [0.5, 0.6) is 0 Å². The van der Waals surface area contributed by atoms with Gasteiger partial charge in [-0.3, -0.25) is 4.79 Å². The minimum atomic E-state index is 0.0325. The van der Waals surface area contributed by atoms with E-state index in [0.717, 1.165) is 29.8 Å². The summed E-state index contributed by atoms with van der Waals surface area (Å²) < 4.78 is 1.82. The molecule has 0 aliphatic carbocycles. The molecular formula is C15H22N6O. The van der Waals surface area contributed by atoms with Gasteiger partial charge in [0, 0.05) is 43.9 Å². The highest BCUT2D eigenvalue weighted by Gasteiger charge is 2.32. The molecule has 0 unspecified atom stereocenters. The van der Waals surface area contributed by atoms with Crippen molar-refractivity contribution in [3.05, 3.63) is 18.1 Å². The van der Waals surface area contributed by atoms with E-state index in [9.17, 15) is 4.79 Å². The average Bonchev–Trinajstić information content (AvgIpc) is 3.12. The Kier molecular flexibility index (Phi) is 4.06. The molecule has 22 heavy (non-hydrogen) atoms. The number of rotatable bonds is 4. The van der Waals surface area contributed by atoms with E-state index in [-0.39, 0.29) is 17.7 Å². The maximum Gasteiger partial charge on any atom is 0.225 e. The van der Waals surface area contributed by atoms with E-state index in [2.05, 4.69) is 15.1 Å². The maximum absolute atomic E-state index is 12.1. The highest BCUT2D eigenvalue weighted by Crippen LogP contribution is 2.30. The second-order valence-electron chi connectivity index (χ2n) is 6.05. The minimum absolute atomic E-state index is 0.0325. The predicted molar refractivity (Wildman–Crippen MR) is 83.2 cm³/mol. The van der Waals surface area contributed by atoms with Crippen LogP contribution in [0.3, 0.4) is 0 Å². The van der Waals surface area contributed by atoms with Gasteiger partial charge in [-0.15, -0.1) is 0 Å². The number of nitrogens with zero attached hydrogens (tertiary/aromatic N) is 5. The summed E-state index contributed by atoms with van der Waals surface area (Å²) in [7, 11) is 0. The highest BCUT2D eigenvalue weighted by molar-refractivity contribution is 5.79. The predicted octanol–water partition coefficient (Wildman–Crippen LogP) is 0.757. The van der Waals surface area contributed by atoms with Crippen LogP contribution < -0.4 is 5.73 Å². The smallest absolute Gasteiger partial charge is 0.225 e. The second-order valence-corrected chi connectivity index (χ2v) is 6.05. The van der Waals surface area contributed by atoms with Crippen LogP contribution in [0, 0.1) is 5.92 Å². The molecule has 0 aromatic carbocycles. The van der Waals surface area contributed by atoms with Gasteiger partial charge in [0.2, 0.25) is 5.91 Å². The van der Waals surface area contributed by atoms with Gasteiger partial charge < -0.3 is 10.6 Å². The van der Waals surface area contributed by atoms with Gasteiger partial charge in [0.25, 0.3) is 0 Å². The monoisotopic (exact) mass is 302 g/mol. The van der Waals surface area contributed by atoms with Crippen LogP contribution in [0.2, 0.25) is 0 Å². The number of carbonyl (C=O) groups is 1. The van der Waals surface area contributed by atoms with Gasteiger partial charge in [0.05, 0.1) is 12.2 Å². The first-order chi connectivity index (χ1) is 10.6. The van der Waals surface area contributed by atoms with Crippen molar-refractivity contribution in [1.82, 2.24) is 24.6 Å². The van der Waals surface area contributed by atoms with E-state index in [0.29, 0.717) is 19.6 Å². The number of amides is 1. The van der Waals surface area contributed by atoms with Crippen LogP contribution in [0.15, 0.2) is 12.4 Å². The average molecular weight is 302 g/mol. The standard InChI is InChI=1S/C15H22N6O/c1-10(2)15(22)20-7-3-11(9-20)12-13-14(18-6-5-17-13)21(19-12)8-4-16/h5-6,10-11H,3-4,7-9,16H2,1-2H3/t11-/m1/s1. The van der Waals surface area contributed by atoms with Gasteiger partial charge in [0.1, 0.15) is 5.52 Å². The van der Waals surface area contributed by atoms with E-state index < -0.39 is 0 Å². The van der Waals surface area contributed by atoms with Crippen LogP contribution >= 0.6 is 0 Å². The van der Waals surface area contributed by atoms with Crippen molar-refractivity contribution in [2.75, 3.05) is 19.6 Å². The van der Waals surface area contributed by atoms with Crippen molar-refractivity contribution in [2.45, 2.75) is 32.7 Å². The normalized spacial score (nSPS) is 18.5. The van der Waals surface area contributed by atoms with Crippen molar-refractivity contribution in [1.29, 1.82) is 0 Å². The molecule has 1 aliphatic rings. The third kappa shape index (κ3) is 2.56. The summed E-state index contributed by atoms with van der Waals surface area (Å²) >= 11 is 0. The summed E-state index contributed by atoms with van der Waals surface area (Å²) in [6, 6.07) is 0. The van der Waals surface area contributed by atoms with Gasteiger partial charge in [-0.25, -0.2) is 14.6 Å². The van der Waals surface area contributed by atoms with E-state index >= 15 is 0 Å². The summed E-state index contributed by atoms with van der Waals surface area (Å²) in [5.41, 5.74) is 8.20. The molecule has 7 nitrogen and oxygen atoms in total. The van der Waals surface area contributed by atoms with Crippen molar-refractivity contribution in [2.24, 2.45) is 11.7 Å². The molecule has 1 amide bonds. The topological polar surface area (TPSA) is 89.9 Å². The van der Waals surface area contributed by atoms with Crippen LogP contribution in [0.4, 0.5) is 0 Å². The first kappa shape index (κ1) is 14.9. The van der Waals surface area contributed by atoms with Gasteiger partial charge in [0.15, 0.2) is 5.65 Å². The Morgan fingerprint density at radius 3 is 2.91 bits per heavy atom. The Morgan fingerprint density at radius 1 is 1.41 bits per heavy atom. The summed E-state index contributed by atoms with van der Waals surface area (Å²) in [5.74, 6) is 0.463. The van der Waals surface area contributed by atoms with Crippen LogP contribution in [-0.4, -0.2) is 50.2 Å². The van der Waals surface area contributed by atoms with E-state index in [1.165, 1.54) is 0 Å².